The van der Waals surface area contributed by atoms with Crippen molar-refractivity contribution >= 4 is 20.9 Å². The Morgan fingerprint density at radius 3 is 2.29 bits per heavy atom. The molecule has 1 heterocycles. The van der Waals surface area contributed by atoms with Crippen molar-refractivity contribution in [3.05, 3.63) is 60.7 Å². The maximum atomic E-state index is 11.0. The van der Waals surface area contributed by atoms with Crippen LogP contribution in [0.4, 0.5) is 0 Å². The van der Waals surface area contributed by atoms with Gasteiger partial charge in [-0.2, -0.15) is 8.42 Å². The van der Waals surface area contributed by atoms with Crippen LogP contribution in [-0.4, -0.2) is 22.5 Å². The van der Waals surface area contributed by atoms with Gasteiger partial charge in [-0.3, -0.25) is 4.55 Å². The summed E-state index contributed by atoms with van der Waals surface area (Å²) in [4.78, 5) is 3.93. The standard InChI is InChI=1S/C10H8O3S.C5H8N2/c11-14(12,13)10-7-3-5-8-4-1-2-6-9(8)10;1-5-6-3-4-7(5)2/h1-7H,(H,11,12,13);3-4H,1-2H3. The van der Waals surface area contributed by atoms with Gasteiger partial charge in [0.05, 0.1) is 0 Å². The Balaban J connectivity index is 0.000000194. The minimum atomic E-state index is -4.13. The number of hydrogen-bond donors (Lipinski definition) is 1. The van der Waals surface area contributed by atoms with Gasteiger partial charge in [0, 0.05) is 24.8 Å². The molecule has 3 rings (SSSR count). The first-order valence-corrected chi connectivity index (χ1v) is 7.73. The van der Waals surface area contributed by atoms with E-state index in [1.165, 1.54) is 6.07 Å². The summed E-state index contributed by atoms with van der Waals surface area (Å²) in [5, 5.41) is 1.33. The molecule has 3 aromatic rings. The van der Waals surface area contributed by atoms with Gasteiger partial charge in [0.2, 0.25) is 0 Å². The number of fused-ring (bicyclic) bond motifs is 1. The van der Waals surface area contributed by atoms with Crippen molar-refractivity contribution in [1.29, 1.82) is 0 Å². The molecule has 0 spiro atoms. The zero-order chi connectivity index (χ0) is 15.5. The third-order valence-corrected chi connectivity index (χ3v) is 4.00. The molecule has 6 heteroatoms. The van der Waals surface area contributed by atoms with E-state index in [4.69, 9.17) is 4.55 Å². The molecule has 2 aromatic carbocycles. The number of aryl methyl sites for hydroxylation is 2. The molecule has 0 fully saturated rings. The van der Waals surface area contributed by atoms with Crippen LogP contribution in [0.15, 0.2) is 59.8 Å². The minimum Gasteiger partial charge on any atom is -0.338 e. The summed E-state index contributed by atoms with van der Waals surface area (Å²) < 4.78 is 32.9. The van der Waals surface area contributed by atoms with Crippen molar-refractivity contribution < 1.29 is 13.0 Å². The van der Waals surface area contributed by atoms with Gasteiger partial charge in [0.15, 0.2) is 0 Å². The third kappa shape index (κ3) is 3.68. The molecule has 21 heavy (non-hydrogen) atoms. The predicted octanol–water partition coefficient (Wildman–Crippen LogP) is 2.82. The molecule has 110 valence electrons. The van der Waals surface area contributed by atoms with Gasteiger partial charge < -0.3 is 4.57 Å². The number of nitrogens with zero attached hydrogens (tertiary/aromatic N) is 2. The molecule has 0 aliphatic rings. The van der Waals surface area contributed by atoms with Crippen LogP contribution in [0.5, 0.6) is 0 Å². The second-order valence-corrected chi connectivity index (χ2v) is 5.93. The van der Waals surface area contributed by atoms with Crippen LogP contribution in [0.1, 0.15) is 5.82 Å². The zero-order valence-corrected chi connectivity index (χ0v) is 12.6. The Hall–Kier alpha value is -2.18. The van der Waals surface area contributed by atoms with E-state index in [9.17, 15) is 8.42 Å². The van der Waals surface area contributed by atoms with Gasteiger partial charge in [-0.15, -0.1) is 0 Å². The molecular formula is C15H16N2O3S. The maximum absolute atomic E-state index is 11.0. The van der Waals surface area contributed by atoms with Crippen LogP contribution in [0.2, 0.25) is 0 Å². The lowest BCUT2D eigenvalue weighted by Gasteiger charge is -2.02. The Bertz CT molecular complexity index is 832. The Morgan fingerprint density at radius 1 is 1.10 bits per heavy atom. The first-order valence-electron chi connectivity index (χ1n) is 6.29. The highest BCUT2D eigenvalue weighted by Crippen LogP contribution is 2.21. The zero-order valence-electron chi connectivity index (χ0n) is 11.8. The molecule has 1 aromatic heterocycles. The minimum absolute atomic E-state index is 0.0457. The van der Waals surface area contributed by atoms with Crippen LogP contribution >= 0.6 is 0 Å². The predicted molar refractivity (Wildman–Crippen MR) is 81.7 cm³/mol. The molecule has 0 aliphatic heterocycles. The molecule has 0 bridgehead atoms. The summed E-state index contributed by atoms with van der Waals surface area (Å²) >= 11 is 0. The van der Waals surface area contributed by atoms with Gasteiger partial charge in [-0.25, -0.2) is 4.98 Å². The highest BCUT2D eigenvalue weighted by atomic mass is 32.2. The van der Waals surface area contributed by atoms with Crippen LogP contribution in [-0.2, 0) is 17.2 Å². The molecule has 0 radical (unpaired) electrons. The van der Waals surface area contributed by atoms with Crippen molar-refractivity contribution in [3.8, 4) is 0 Å². The van der Waals surface area contributed by atoms with Gasteiger partial charge in [0.1, 0.15) is 10.7 Å². The van der Waals surface area contributed by atoms with Crippen LogP contribution in [0.3, 0.4) is 0 Å². The number of benzene rings is 2. The summed E-state index contributed by atoms with van der Waals surface area (Å²) in [6, 6.07) is 11.8. The van der Waals surface area contributed by atoms with Crippen molar-refractivity contribution in [1.82, 2.24) is 9.55 Å². The van der Waals surface area contributed by atoms with Crippen molar-refractivity contribution in [2.45, 2.75) is 11.8 Å². The number of rotatable bonds is 1. The summed E-state index contributed by atoms with van der Waals surface area (Å²) in [6.45, 7) is 1.97. The molecule has 0 amide bonds. The second-order valence-electron chi connectivity index (χ2n) is 4.54. The van der Waals surface area contributed by atoms with Crippen LogP contribution in [0.25, 0.3) is 10.8 Å². The monoisotopic (exact) mass is 304 g/mol. The molecule has 1 N–H and O–H groups in total. The fraction of sp³-hybridized carbons (Fsp3) is 0.133. The van der Waals surface area contributed by atoms with E-state index < -0.39 is 10.1 Å². The largest absolute Gasteiger partial charge is 0.338 e. The van der Waals surface area contributed by atoms with Crippen LogP contribution in [0, 0.1) is 6.92 Å². The highest BCUT2D eigenvalue weighted by Gasteiger charge is 2.12. The van der Waals surface area contributed by atoms with Gasteiger partial charge in [-0.05, 0) is 18.4 Å². The Morgan fingerprint density at radius 2 is 1.76 bits per heavy atom. The highest BCUT2D eigenvalue weighted by molar-refractivity contribution is 7.86. The van der Waals surface area contributed by atoms with E-state index in [-0.39, 0.29) is 4.90 Å². The van der Waals surface area contributed by atoms with Crippen LogP contribution < -0.4 is 0 Å². The smallest absolute Gasteiger partial charge is 0.295 e. The van der Waals surface area contributed by atoms with E-state index in [0.717, 1.165) is 11.2 Å². The normalized spacial score (nSPS) is 11.0. The average Bonchev–Trinajstić information content (AvgIpc) is 2.82. The lowest BCUT2D eigenvalue weighted by Crippen LogP contribution is -1.98. The lowest BCUT2D eigenvalue weighted by molar-refractivity contribution is 0.484. The molecule has 0 aliphatic carbocycles. The van der Waals surface area contributed by atoms with Crippen molar-refractivity contribution in [3.63, 3.8) is 0 Å². The second kappa shape index (κ2) is 6.07. The molecule has 0 saturated heterocycles. The maximum Gasteiger partial charge on any atom is 0.295 e. The summed E-state index contributed by atoms with van der Waals surface area (Å²) in [5.41, 5.74) is 0. The van der Waals surface area contributed by atoms with Crippen molar-refractivity contribution in [2.75, 3.05) is 0 Å². The SMILES string of the molecule is Cc1nccn1C.O=S(=O)(O)c1cccc2ccccc12. The fourth-order valence-electron chi connectivity index (χ4n) is 1.86. The molecule has 0 unspecified atom stereocenters. The fourth-order valence-corrected chi connectivity index (χ4v) is 2.58. The van der Waals surface area contributed by atoms with E-state index in [1.807, 2.05) is 30.8 Å². The quantitative estimate of drug-likeness (QED) is 0.702. The molecule has 5 nitrogen and oxygen atoms in total. The average molecular weight is 304 g/mol. The third-order valence-electron chi connectivity index (χ3n) is 3.09. The van der Waals surface area contributed by atoms with Crippen molar-refractivity contribution in [2.24, 2.45) is 7.05 Å². The number of imidazole rings is 1. The Labute approximate surface area is 123 Å². The van der Waals surface area contributed by atoms with Gasteiger partial charge >= 0.3 is 0 Å². The van der Waals surface area contributed by atoms with E-state index in [1.54, 1.807) is 36.5 Å². The van der Waals surface area contributed by atoms with E-state index >= 15 is 0 Å². The van der Waals surface area contributed by atoms with Gasteiger partial charge in [0.25, 0.3) is 10.1 Å². The molecule has 0 atom stereocenters. The topological polar surface area (TPSA) is 72.2 Å². The number of hydrogen-bond acceptors (Lipinski definition) is 3. The summed E-state index contributed by atoms with van der Waals surface area (Å²) in [6.07, 6.45) is 3.71. The molecule has 0 saturated carbocycles. The Kier molecular flexibility index (Phi) is 4.40. The van der Waals surface area contributed by atoms with E-state index in [0.29, 0.717) is 5.39 Å². The number of aromatic nitrogens is 2. The van der Waals surface area contributed by atoms with E-state index in [2.05, 4.69) is 4.98 Å². The first kappa shape index (κ1) is 15.2. The summed E-state index contributed by atoms with van der Waals surface area (Å²) in [7, 11) is -2.15. The first-order chi connectivity index (χ1) is 9.89. The lowest BCUT2D eigenvalue weighted by atomic mass is 10.1. The summed E-state index contributed by atoms with van der Waals surface area (Å²) in [5.74, 6) is 1.06. The van der Waals surface area contributed by atoms with Gasteiger partial charge in [-0.1, -0.05) is 36.4 Å². The molecular weight excluding hydrogens is 288 g/mol.